The van der Waals surface area contributed by atoms with Gasteiger partial charge in [-0.1, -0.05) is 26.0 Å². The fraction of sp³-hybridized carbons (Fsp3) is 0.318. The molecule has 166 valence electrons. The van der Waals surface area contributed by atoms with E-state index in [0.717, 1.165) is 28.8 Å². The van der Waals surface area contributed by atoms with Gasteiger partial charge in [-0.3, -0.25) is 0 Å². The molecule has 2 heterocycles. The molecule has 3 rings (SSSR count). The standard InChI is InChI=1S/C22H26FN5OS.HI/c1-4-24-22(27-13-21-28-19(14-30-21)15(2)3)26-12-16-8-9-20(25-11-16)29-18-7-5-6-17(23)10-18;/h5-11,14-15H,4,12-13H2,1-3H3,(H2,24,26,27);1H. The second kappa shape index (κ2) is 12.6. The van der Waals surface area contributed by atoms with E-state index < -0.39 is 0 Å². The lowest BCUT2D eigenvalue weighted by atomic mass is 10.2. The van der Waals surface area contributed by atoms with Crippen molar-refractivity contribution in [2.24, 2.45) is 4.99 Å². The number of rotatable bonds is 8. The van der Waals surface area contributed by atoms with Crippen LogP contribution in [-0.2, 0) is 13.1 Å². The van der Waals surface area contributed by atoms with Crippen LogP contribution >= 0.6 is 35.3 Å². The van der Waals surface area contributed by atoms with Gasteiger partial charge in [-0.25, -0.2) is 19.4 Å². The van der Waals surface area contributed by atoms with Gasteiger partial charge in [0, 0.05) is 30.3 Å². The molecule has 9 heteroatoms. The van der Waals surface area contributed by atoms with Gasteiger partial charge in [0.15, 0.2) is 5.96 Å². The van der Waals surface area contributed by atoms with Crippen molar-refractivity contribution in [1.82, 2.24) is 20.6 Å². The number of hydrogen-bond acceptors (Lipinski definition) is 5. The second-order valence-corrected chi connectivity index (χ2v) is 7.88. The number of aromatic nitrogens is 2. The van der Waals surface area contributed by atoms with E-state index in [2.05, 4.69) is 44.8 Å². The zero-order valence-corrected chi connectivity index (χ0v) is 20.9. The highest BCUT2D eigenvalue weighted by Gasteiger charge is 2.07. The maximum Gasteiger partial charge on any atom is 0.219 e. The summed E-state index contributed by atoms with van der Waals surface area (Å²) in [6, 6.07) is 9.61. The SMILES string of the molecule is CCNC(=NCc1ccc(Oc2cccc(F)c2)nc1)NCc1nc(C(C)C)cs1.I. The van der Waals surface area contributed by atoms with Gasteiger partial charge in [0.05, 0.1) is 18.8 Å². The van der Waals surface area contributed by atoms with Crippen LogP contribution in [0.15, 0.2) is 53.0 Å². The van der Waals surface area contributed by atoms with Crippen molar-refractivity contribution in [3.8, 4) is 11.6 Å². The lowest BCUT2D eigenvalue weighted by Crippen LogP contribution is -2.36. The minimum absolute atomic E-state index is 0. The average molecular weight is 555 g/mol. The maximum atomic E-state index is 13.3. The molecule has 2 N–H and O–H groups in total. The summed E-state index contributed by atoms with van der Waals surface area (Å²) >= 11 is 1.65. The van der Waals surface area contributed by atoms with E-state index in [1.165, 1.54) is 12.1 Å². The molecule has 0 fully saturated rings. The topological polar surface area (TPSA) is 71.4 Å². The van der Waals surface area contributed by atoms with Crippen molar-refractivity contribution in [3.63, 3.8) is 0 Å². The zero-order chi connectivity index (χ0) is 21.3. The van der Waals surface area contributed by atoms with E-state index in [-0.39, 0.29) is 29.8 Å². The molecular formula is C22H27FIN5OS. The van der Waals surface area contributed by atoms with Crippen molar-refractivity contribution < 1.29 is 9.13 Å². The molecule has 3 aromatic rings. The van der Waals surface area contributed by atoms with E-state index in [1.54, 1.807) is 35.7 Å². The van der Waals surface area contributed by atoms with Gasteiger partial charge in [0.25, 0.3) is 0 Å². The molecule has 0 aliphatic rings. The second-order valence-electron chi connectivity index (χ2n) is 6.93. The molecule has 0 radical (unpaired) electrons. The lowest BCUT2D eigenvalue weighted by molar-refractivity contribution is 0.457. The number of nitrogens with zero attached hydrogens (tertiary/aromatic N) is 3. The highest BCUT2D eigenvalue weighted by Crippen LogP contribution is 2.20. The summed E-state index contributed by atoms with van der Waals surface area (Å²) in [6.07, 6.45) is 1.71. The number of hydrogen-bond donors (Lipinski definition) is 2. The molecule has 0 aliphatic heterocycles. The molecule has 0 spiro atoms. The van der Waals surface area contributed by atoms with E-state index in [0.29, 0.717) is 30.6 Å². The Morgan fingerprint density at radius 3 is 2.71 bits per heavy atom. The Labute approximate surface area is 203 Å². The smallest absolute Gasteiger partial charge is 0.219 e. The summed E-state index contributed by atoms with van der Waals surface area (Å²) < 4.78 is 18.8. The van der Waals surface area contributed by atoms with Crippen LogP contribution in [0.1, 0.15) is 43.0 Å². The van der Waals surface area contributed by atoms with Gasteiger partial charge in [0.1, 0.15) is 16.6 Å². The van der Waals surface area contributed by atoms with Crippen LogP contribution in [0.3, 0.4) is 0 Å². The average Bonchev–Trinajstić information content (AvgIpc) is 3.21. The molecule has 0 unspecified atom stereocenters. The number of guanidine groups is 1. The van der Waals surface area contributed by atoms with E-state index in [9.17, 15) is 4.39 Å². The van der Waals surface area contributed by atoms with Crippen molar-refractivity contribution in [2.75, 3.05) is 6.54 Å². The summed E-state index contributed by atoms with van der Waals surface area (Å²) in [6.45, 7) is 8.16. The van der Waals surface area contributed by atoms with Gasteiger partial charge in [0.2, 0.25) is 5.88 Å². The van der Waals surface area contributed by atoms with Crippen LogP contribution in [0.2, 0.25) is 0 Å². The Morgan fingerprint density at radius 2 is 2.06 bits per heavy atom. The Balaban J connectivity index is 0.00000341. The summed E-state index contributed by atoms with van der Waals surface area (Å²) in [5, 5.41) is 9.69. The van der Waals surface area contributed by atoms with Crippen molar-refractivity contribution in [3.05, 3.63) is 70.1 Å². The number of thiazole rings is 1. The van der Waals surface area contributed by atoms with Gasteiger partial charge >= 0.3 is 0 Å². The molecule has 31 heavy (non-hydrogen) atoms. The lowest BCUT2D eigenvalue weighted by Gasteiger charge is -2.10. The third-order valence-corrected chi connectivity index (χ3v) is 5.02. The highest BCUT2D eigenvalue weighted by atomic mass is 127. The predicted molar refractivity (Wildman–Crippen MR) is 134 cm³/mol. The van der Waals surface area contributed by atoms with Crippen LogP contribution in [0.25, 0.3) is 0 Å². The van der Waals surface area contributed by atoms with E-state index in [4.69, 9.17) is 4.74 Å². The van der Waals surface area contributed by atoms with E-state index >= 15 is 0 Å². The summed E-state index contributed by atoms with van der Waals surface area (Å²) in [5.74, 6) is 1.62. The molecule has 2 aromatic heterocycles. The van der Waals surface area contributed by atoms with Crippen molar-refractivity contribution in [2.45, 2.75) is 39.8 Å². The van der Waals surface area contributed by atoms with Gasteiger partial charge in [-0.05, 0) is 30.5 Å². The van der Waals surface area contributed by atoms with Crippen LogP contribution in [-0.4, -0.2) is 22.5 Å². The predicted octanol–water partition coefficient (Wildman–Crippen LogP) is 5.47. The number of nitrogens with one attached hydrogen (secondary N) is 2. The minimum atomic E-state index is -0.347. The monoisotopic (exact) mass is 555 g/mol. The largest absolute Gasteiger partial charge is 0.439 e. The highest BCUT2D eigenvalue weighted by molar-refractivity contribution is 14.0. The Hall–Kier alpha value is -2.27. The van der Waals surface area contributed by atoms with Crippen molar-refractivity contribution >= 4 is 41.3 Å². The van der Waals surface area contributed by atoms with Crippen LogP contribution < -0.4 is 15.4 Å². The fourth-order valence-electron chi connectivity index (χ4n) is 2.56. The molecule has 0 saturated heterocycles. The number of benzene rings is 1. The Kier molecular flexibility index (Phi) is 10.1. The van der Waals surface area contributed by atoms with Crippen LogP contribution in [0.4, 0.5) is 4.39 Å². The van der Waals surface area contributed by atoms with Crippen LogP contribution in [0, 0.1) is 5.82 Å². The summed E-state index contributed by atoms with van der Waals surface area (Å²) in [5.41, 5.74) is 2.06. The van der Waals surface area contributed by atoms with Gasteiger partial charge < -0.3 is 15.4 Å². The first-order valence-corrected chi connectivity index (χ1v) is 10.8. The third kappa shape index (κ3) is 8.06. The number of ether oxygens (including phenoxy) is 1. The normalized spacial score (nSPS) is 11.2. The molecule has 0 saturated carbocycles. The maximum absolute atomic E-state index is 13.3. The number of aliphatic imine (C=N–C) groups is 1. The number of pyridine rings is 1. The molecule has 0 atom stereocenters. The number of halogens is 2. The molecular weight excluding hydrogens is 528 g/mol. The molecule has 0 bridgehead atoms. The summed E-state index contributed by atoms with van der Waals surface area (Å²) in [4.78, 5) is 13.5. The van der Waals surface area contributed by atoms with Crippen molar-refractivity contribution in [1.29, 1.82) is 0 Å². The first-order chi connectivity index (χ1) is 14.5. The van der Waals surface area contributed by atoms with Crippen LogP contribution in [0.5, 0.6) is 11.6 Å². The van der Waals surface area contributed by atoms with Gasteiger partial charge in [-0.2, -0.15) is 0 Å². The van der Waals surface area contributed by atoms with Gasteiger partial charge in [-0.15, -0.1) is 35.3 Å². The molecule has 1 aromatic carbocycles. The third-order valence-electron chi connectivity index (χ3n) is 4.15. The zero-order valence-electron chi connectivity index (χ0n) is 17.8. The molecule has 0 aliphatic carbocycles. The Morgan fingerprint density at radius 1 is 1.23 bits per heavy atom. The molecule has 6 nitrogen and oxygen atoms in total. The first kappa shape index (κ1) is 25.0. The summed E-state index contributed by atoms with van der Waals surface area (Å²) in [7, 11) is 0. The fourth-order valence-corrected chi connectivity index (χ4v) is 3.45. The molecule has 0 amide bonds. The quantitative estimate of drug-likeness (QED) is 0.219. The Bertz CT molecular complexity index is 978. The minimum Gasteiger partial charge on any atom is -0.439 e. The van der Waals surface area contributed by atoms with E-state index in [1.807, 2.05) is 13.0 Å². The first-order valence-electron chi connectivity index (χ1n) is 9.88.